The molecule has 6 heteroatoms. The third-order valence-corrected chi connectivity index (χ3v) is 2.37. The molecular formula is C6H5NO3S2. The molecule has 1 rings (SSSR count). The Hall–Kier alpha value is -0.880. The second kappa shape index (κ2) is 3.68. The molecule has 1 fully saturated rings. The summed E-state index contributed by atoms with van der Waals surface area (Å²) in [5, 5.41) is 2.11. The number of hydrogen-bond acceptors (Lipinski definition) is 5. The Kier molecular flexibility index (Phi) is 2.83. The van der Waals surface area contributed by atoms with Crippen molar-refractivity contribution in [1.29, 1.82) is 0 Å². The van der Waals surface area contributed by atoms with E-state index in [0.717, 1.165) is 11.8 Å². The van der Waals surface area contributed by atoms with Gasteiger partial charge in [0.05, 0.1) is 12.0 Å². The zero-order valence-electron chi connectivity index (χ0n) is 6.12. The highest BCUT2D eigenvalue weighted by molar-refractivity contribution is 8.19. The summed E-state index contributed by atoms with van der Waals surface area (Å²) in [5.41, 5.74) is 0. The highest BCUT2D eigenvalue weighted by atomic mass is 32.2. The Balaban J connectivity index is 2.76. The van der Waals surface area contributed by atoms with Crippen molar-refractivity contribution in [3.8, 4) is 0 Å². The van der Waals surface area contributed by atoms with E-state index in [1.54, 1.807) is 0 Å². The van der Waals surface area contributed by atoms with E-state index in [1.165, 1.54) is 13.2 Å². The van der Waals surface area contributed by atoms with Crippen LogP contribution in [0.1, 0.15) is 0 Å². The van der Waals surface area contributed by atoms with Crippen LogP contribution in [0.4, 0.5) is 4.79 Å². The van der Waals surface area contributed by atoms with Gasteiger partial charge >= 0.3 is 5.97 Å². The lowest BCUT2D eigenvalue weighted by molar-refractivity contribution is -0.134. The van der Waals surface area contributed by atoms with E-state index in [0.29, 0.717) is 4.91 Å². The molecule has 12 heavy (non-hydrogen) atoms. The van der Waals surface area contributed by atoms with Crippen molar-refractivity contribution in [1.82, 2.24) is 5.32 Å². The molecule has 0 aliphatic carbocycles. The molecule has 1 saturated heterocycles. The first-order valence-electron chi connectivity index (χ1n) is 2.96. The van der Waals surface area contributed by atoms with E-state index in [4.69, 9.17) is 12.2 Å². The van der Waals surface area contributed by atoms with E-state index in [9.17, 15) is 9.59 Å². The smallest absolute Gasteiger partial charge is 0.331 e. The molecule has 1 N–H and O–H groups in total. The Morgan fingerprint density at radius 2 is 2.42 bits per heavy atom. The predicted octanol–water partition coefficient (Wildman–Crippen LogP) is 0.827. The van der Waals surface area contributed by atoms with E-state index in [1.807, 2.05) is 0 Å². The summed E-state index contributed by atoms with van der Waals surface area (Å²) in [4.78, 5) is 22.1. The number of hydrogen-bond donors (Lipinski definition) is 1. The Bertz CT molecular complexity index is 285. The van der Waals surface area contributed by atoms with Gasteiger partial charge in [0.1, 0.15) is 4.99 Å². The second-order valence-corrected chi connectivity index (χ2v) is 3.30. The minimum Gasteiger partial charge on any atom is -0.466 e. The van der Waals surface area contributed by atoms with E-state index < -0.39 is 5.97 Å². The van der Waals surface area contributed by atoms with Gasteiger partial charge in [-0.25, -0.2) is 4.79 Å². The maximum Gasteiger partial charge on any atom is 0.331 e. The molecule has 0 unspecified atom stereocenters. The Morgan fingerprint density at radius 3 is 2.83 bits per heavy atom. The van der Waals surface area contributed by atoms with Crippen LogP contribution >= 0.6 is 24.0 Å². The fourth-order valence-electron chi connectivity index (χ4n) is 0.587. The molecule has 4 nitrogen and oxygen atoms in total. The number of rotatable bonds is 1. The van der Waals surface area contributed by atoms with Crippen molar-refractivity contribution in [2.24, 2.45) is 0 Å². The average molecular weight is 203 g/mol. The first-order valence-corrected chi connectivity index (χ1v) is 4.19. The van der Waals surface area contributed by atoms with Gasteiger partial charge in [-0.1, -0.05) is 12.2 Å². The quantitative estimate of drug-likeness (QED) is 0.388. The molecule has 1 heterocycles. The lowest BCUT2D eigenvalue weighted by Gasteiger charge is -1.92. The van der Waals surface area contributed by atoms with Crippen molar-refractivity contribution in [3.63, 3.8) is 0 Å². The third kappa shape index (κ3) is 2.05. The highest BCUT2D eigenvalue weighted by Crippen LogP contribution is 2.23. The number of nitrogens with one attached hydrogen (secondary N) is 1. The minimum absolute atomic E-state index is 0.268. The molecule has 0 saturated carbocycles. The maximum absolute atomic E-state index is 10.7. The number of carbonyl (C=O) groups excluding carboxylic acids is 2. The van der Waals surface area contributed by atoms with Crippen molar-refractivity contribution in [3.05, 3.63) is 11.0 Å². The molecule has 0 aromatic heterocycles. The SMILES string of the molecule is COC(=O)/C=C1\SC(=O)NC1=S. The van der Waals surface area contributed by atoms with Gasteiger partial charge in [0, 0.05) is 6.08 Å². The lowest BCUT2D eigenvalue weighted by Crippen LogP contribution is -2.16. The molecule has 0 bridgehead atoms. The highest BCUT2D eigenvalue weighted by Gasteiger charge is 2.22. The van der Waals surface area contributed by atoms with Gasteiger partial charge in [0.15, 0.2) is 0 Å². The summed E-state index contributed by atoms with van der Waals surface area (Å²) < 4.78 is 4.37. The monoisotopic (exact) mass is 203 g/mol. The van der Waals surface area contributed by atoms with Gasteiger partial charge in [-0.05, 0) is 11.8 Å². The molecule has 0 aromatic rings. The van der Waals surface area contributed by atoms with E-state index >= 15 is 0 Å². The summed E-state index contributed by atoms with van der Waals surface area (Å²) in [6.07, 6.45) is 1.19. The number of carbonyl (C=O) groups is 2. The number of methoxy groups -OCH3 is 1. The molecule has 0 radical (unpaired) electrons. The summed E-state index contributed by atoms with van der Waals surface area (Å²) >= 11 is 5.64. The molecular weight excluding hydrogens is 198 g/mol. The normalized spacial score (nSPS) is 19.6. The van der Waals surface area contributed by atoms with Gasteiger partial charge in [-0.2, -0.15) is 0 Å². The largest absolute Gasteiger partial charge is 0.466 e. The second-order valence-electron chi connectivity index (χ2n) is 1.88. The van der Waals surface area contributed by atoms with E-state index in [2.05, 4.69) is 10.1 Å². The van der Waals surface area contributed by atoms with Crippen LogP contribution in [0.3, 0.4) is 0 Å². The zero-order chi connectivity index (χ0) is 9.14. The molecule has 0 atom stereocenters. The number of esters is 1. The van der Waals surface area contributed by atoms with Crippen LogP contribution in [0.15, 0.2) is 11.0 Å². The van der Waals surface area contributed by atoms with Gasteiger partial charge in [0.25, 0.3) is 5.24 Å². The summed E-state index contributed by atoms with van der Waals surface area (Å²) in [5.74, 6) is -0.517. The number of thiocarbonyl (C=S) groups is 1. The average Bonchev–Trinajstić information content (AvgIpc) is 2.30. The van der Waals surface area contributed by atoms with Gasteiger partial charge in [-0.3, -0.25) is 4.79 Å². The number of amides is 1. The Labute approximate surface area is 78.3 Å². The number of ether oxygens (including phenoxy) is 1. The van der Waals surface area contributed by atoms with Crippen molar-refractivity contribution < 1.29 is 14.3 Å². The fourth-order valence-corrected chi connectivity index (χ4v) is 1.58. The van der Waals surface area contributed by atoms with Crippen molar-refractivity contribution in [2.45, 2.75) is 0 Å². The van der Waals surface area contributed by atoms with Crippen LogP contribution in [0.2, 0.25) is 0 Å². The number of thioether (sulfide) groups is 1. The zero-order valence-corrected chi connectivity index (χ0v) is 7.75. The van der Waals surface area contributed by atoms with Gasteiger partial charge in [0.2, 0.25) is 0 Å². The van der Waals surface area contributed by atoms with E-state index in [-0.39, 0.29) is 10.2 Å². The first-order chi connectivity index (χ1) is 5.63. The topological polar surface area (TPSA) is 55.4 Å². The Morgan fingerprint density at radius 1 is 1.75 bits per heavy atom. The predicted molar refractivity (Wildman–Crippen MR) is 48.8 cm³/mol. The van der Waals surface area contributed by atoms with Gasteiger partial charge in [-0.15, -0.1) is 0 Å². The van der Waals surface area contributed by atoms with Crippen LogP contribution in [-0.2, 0) is 9.53 Å². The molecule has 0 aromatic carbocycles. The molecule has 1 aliphatic rings. The van der Waals surface area contributed by atoms with Crippen molar-refractivity contribution in [2.75, 3.05) is 7.11 Å². The van der Waals surface area contributed by atoms with Crippen LogP contribution < -0.4 is 5.32 Å². The molecule has 0 spiro atoms. The van der Waals surface area contributed by atoms with Crippen LogP contribution in [0, 0.1) is 0 Å². The first kappa shape index (κ1) is 9.21. The molecule has 1 amide bonds. The summed E-state index contributed by atoms with van der Waals surface area (Å²) in [7, 11) is 1.26. The minimum atomic E-state index is -0.517. The molecule has 1 aliphatic heterocycles. The third-order valence-electron chi connectivity index (χ3n) is 1.09. The lowest BCUT2D eigenvalue weighted by atomic mass is 10.5. The van der Waals surface area contributed by atoms with Crippen LogP contribution in [-0.4, -0.2) is 23.3 Å². The molecule has 64 valence electrons. The summed E-state index contributed by atoms with van der Waals surface area (Å²) in [6, 6.07) is 0. The van der Waals surface area contributed by atoms with Crippen LogP contribution in [0.25, 0.3) is 0 Å². The fraction of sp³-hybridized carbons (Fsp3) is 0.167. The van der Waals surface area contributed by atoms with Crippen LogP contribution in [0.5, 0.6) is 0 Å². The van der Waals surface area contributed by atoms with Crippen molar-refractivity contribution >= 4 is 40.2 Å². The maximum atomic E-state index is 10.7. The standard InChI is InChI=1S/C6H5NO3S2/c1-10-4(8)2-3-5(11)7-6(9)12-3/h2H,1H3,(H,7,9,11)/b3-2-. The van der Waals surface area contributed by atoms with Gasteiger partial charge < -0.3 is 10.1 Å². The summed E-state index contributed by atoms with van der Waals surface area (Å²) in [6.45, 7) is 0.